The molecule has 2 saturated heterocycles. The first-order valence-corrected chi connectivity index (χ1v) is 7.76. The second-order valence-electron chi connectivity index (χ2n) is 5.92. The van der Waals surface area contributed by atoms with Gasteiger partial charge in [0.15, 0.2) is 0 Å². The maximum atomic E-state index is 12.6. The molecule has 0 radical (unpaired) electrons. The van der Waals surface area contributed by atoms with Crippen molar-refractivity contribution in [3.63, 3.8) is 0 Å². The van der Waals surface area contributed by atoms with Gasteiger partial charge in [-0.05, 0) is 19.8 Å². The number of carbonyl (C=O) groups excluding carboxylic acids is 1. The van der Waals surface area contributed by atoms with Crippen LogP contribution in [0.2, 0.25) is 0 Å². The van der Waals surface area contributed by atoms with Gasteiger partial charge in [0.2, 0.25) is 5.91 Å². The Kier molecular flexibility index (Phi) is 4.55. The summed E-state index contributed by atoms with van der Waals surface area (Å²) in [6.07, 6.45) is 3.60. The van der Waals surface area contributed by atoms with Crippen LogP contribution in [0.15, 0.2) is 16.9 Å². The number of nitrogens with zero attached hydrogens (tertiary/aromatic N) is 3. The Hall–Kier alpha value is -1.40. The summed E-state index contributed by atoms with van der Waals surface area (Å²) < 4.78 is 10.5. The van der Waals surface area contributed by atoms with Crippen molar-refractivity contribution in [2.75, 3.05) is 32.8 Å². The molecule has 2 atom stereocenters. The van der Waals surface area contributed by atoms with Crippen LogP contribution in [0.25, 0.3) is 0 Å². The minimum absolute atomic E-state index is 0.0424. The third kappa shape index (κ3) is 3.44. The summed E-state index contributed by atoms with van der Waals surface area (Å²) in [7, 11) is 0. The van der Waals surface area contributed by atoms with Crippen LogP contribution in [-0.2, 0) is 16.1 Å². The van der Waals surface area contributed by atoms with Crippen molar-refractivity contribution in [3.05, 3.63) is 18.0 Å². The van der Waals surface area contributed by atoms with E-state index in [1.54, 1.807) is 6.26 Å². The second-order valence-corrected chi connectivity index (χ2v) is 5.92. The summed E-state index contributed by atoms with van der Waals surface area (Å²) in [5.74, 6) is 0.309. The Morgan fingerprint density at radius 1 is 1.38 bits per heavy atom. The molecule has 3 rings (SSSR count). The number of aromatic nitrogens is 1. The average Bonchev–Trinajstić information content (AvgIpc) is 3.01. The van der Waals surface area contributed by atoms with Crippen molar-refractivity contribution < 1.29 is 14.1 Å². The highest BCUT2D eigenvalue weighted by Crippen LogP contribution is 2.23. The van der Waals surface area contributed by atoms with Crippen molar-refractivity contribution in [1.29, 1.82) is 0 Å². The molecule has 21 heavy (non-hydrogen) atoms. The largest absolute Gasteiger partial charge is 0.378 e. The van der Waals surface area contributed by atoms with Crippen LogP contribution in [0.1, 0.15) is 25.5 Å². The first-order chi connectivity index (χ1) is 10.2. The van der Waals surface area contributed by atoms with E-state index in [2.05, 4.69) is 10.1 Å². The first-order valence-electron chi connectivity index (χ1n) is 7.76. The van der Waals surface area contributed by atoms with Gasteiger partial charge in [0.1, 0.15) is 6.26 Å². The standard InChI is InChI=1S/C15H23N3O3/c1-12-14(3-2-9-20-12)15(19)18-7-5-17(6-8-18)11-13-4-10-21-16-13/h4,10,12,14H,2-3,5-9,11H2,1H3/t12-,14+/m0/s1. The third-order valence-corrected chi connectivity index (χ3v) is 4.48. The van der Waals surface area contributed by atoms with Gasteiger partial charge < -0.3 is 14.2 Å². The maximum Gasteiger partial charge on any atom is 0.228 e. The van der Waals surface area contributed by atoms with Crippen LogP contribution in [0.3, 0.4) is 0 Å². The topological polar surface area (TPSA) is 58.8 Å². The Morgan fingerprint density at radius 3 is 2.86 bits per heavy atom. The van der Waals surface area contributed by atoms with E-state index in [-0.39, 0.29) is 17.9 Å². The molecule has 0 N–H and O–H groups in total. The zero-order chi connectivity index (χ0) is 14.7. The molecule has 1 aromatic heterocycles. The fraction of sp³-hybridized carbons (Fsp3) is 0.733. The Labute approximate surface area is 125 Å². The lowest BCUT2D eigenvalue weighted by Crippen LogP contribution is -2.52. The van der Waals surface area contributed by atoms with E-state index in [0.29, 0.717) is 0 Å². The number of ether oxygens (including phenoxy) is 1. The molecular formula is C15H23N3O3. The van der Waals surface area contributed by atoms with E-state index in [1.165, 1.54) is 0 Å². The molecule has 6 nitrogen and oxygen atoms in total. The molecule has 2 fully saturated rings. The van der Waals surface area contributed by atoms with Gasteiger partial charge in [0, 0.05) is 45.4 Å². The number of rotatable bonds is 3. The average molecular weight is 293 g/mol. The Bertz CT molecular complexity index is 455. The van der Waals surface area contributed by atoms with Crippen molar-refractivity contribution in [1.82, 2.24) is 15.0 Å². The highest BCUT2D eigenvalue weighted by molar-refractivity contribution is 5.79. The van der Waals surface area contributed by atoms with Crippen LogP contribution in [0.4, 0.5) is 0 Å². The molecule has 6 heteroatoms. The van der Waals surface area contributed by atoms with Crippen LogP contribution < -0.4 is 0 Å². The quantitative estimate of drug-likeness (QED) is 0.836. The van der Waals surface area contributed by atoms with Gasteiger partial charge in [-0.3, -0.25) is 9.69 Å². The molecular weight excluding hydrogens is 270 g/mol. The van der Waals surface area contributed by atoms with Crippen LogP contribution in [0, 0.1) is 5.92 Å². The van der Waals surface area contributed by atoms with E-state index in [9.17, 15) is 4.79 Å². The van der Waals surface area contributed by atoms with Crippen LogP contribution >= 0.6 is 0 Å². The first kappa shape index (κ1) is 14.5. The molecule has 1 aromatic rings. The van der Waals surface area contributed by atoms with Crippen molar-refractivity contribution in [2.24, 2.45) is 5.92 Å². The van der Waals surface area contributed by atoms with E-state index in [4.69, 9.17) is 9.26 Å². The molecule has 3 heterocycles. The summed E-state index contributed by atoms with van der Waals surface area (Å²) in [5.41, 5.74) is 0.948. The lowest BCUT2D eigenvalue weighted by molar-refractivity contribution is -0.145. The summed E-state index contributed by atoms with van der Waals surface area (Å²) in [5, 5.41) is 3.93. The van der Waals surface area contributed by atoms with Gasteiger partial charge in [0.05, 0.1) is 17.7 Å². The van der Waals surface area contributed by atoms with Gasteiger partial charge in [-0.2, -0.15) is 0 Å². The maximum absolute atomic E-state index is 12.6. The highest BCUT2D eigenvalue weighted by atomic mass is 16.5. The molecule has 1 amide bonds. The lowest BCUT2D eigenvalue weighted by Gasteiger charge is -2.38. The summed E-state index contributed by atoms with van der Waals surface area (Å²) in [4.78, 5) is 16.9. The predicted octanol–water partition coefficient (Wildman–Crippen LogP) is 1.13. The van der Waals surface area contributed by atoms with Gasteiger partial charge in [0.25, 0.3) is 0 Å². The molecule has 0 saturated carbocycles. The fourth-order valence-electron chi connectivity index (χ4n) is 3.16. The number of carbonyl (C=O) groups is 1. The Balaban J connectivity index is 1.49. The van der Waals surface area contributed by atoms with Crippen LogP contribution in [-0.4, -0.2) is 59.8 Å². The molecule has 0 aliphatic carbocycles. The summed E-state index contributed by atoms with van der Waals surface area (Å²) in [6.45, 7) is 6.96. The minimum atomic E-state index is 0.0424. The predicted molar refractivity (Wildman–Crippen MR) is 76.5 cm³/mol. The Morgan fingerprint density at radius 2 is 2.19 bits per heavy atom. The van der Waals surface area contributed by atoms with Gasteiger partial charge in [-0.15, -0.1) is 0 Å². The number of amides is 1. The molecule has 2 aliphatic rings. The number of piperazine rings is 1. The second kappa shape index (κ2) is 6.58. The zero-order valence-corrected chi connectivity index (χ0v) is 12.5. The molecule has 0 spiro atoms. The van der Waals surface area contributed by atoms with E-state index >= 15 is 0 Å². The molecule has 0 aromatic carbocycles. The zero-order valence-electron chi connectivity index (χ0n) is 12.5. The van der Waals surface area contributed by atoms with Gasteiger partial charge in [-0.25, -0.2) is 0 Å². The smallest absolute Gasteiger partial charge is 0.228 e. The summed E-state index contributed by atoms with van der Waals surface area (Å²) >= 11 is 0. The van der Waals surface area contributed by atoms with Crippen molar-refractivity contribution >= 4 is 5.91 Å². The van der Waals surface area contributed by atoms with Crippen molar-refractivity contribution in [3.8, 4) is 0 Å². The van der Waals surface area contributed by atoms with Crippen molar-refractivity contribution in [2.45, 2.75) is 32.4 Å². The molecule has 0 unspecified atom stereocenters. The van der Waals surface area contributed by atoms with E-state index in [0.717, 1.165) is 57.9 Å². The lowest BCUT2D eigenvalue weighted by atomic mass is 9.93. The van der Waals surface area contributed by atoms with Gasteiger partial charge in [-0.1, -0.05) is 5.16 Å². The normalized spacial score (nSPS) is 27.8. The summed E-state index contributed by atoms with van der Waals surface area (Å²) in [6, 6.07) is 1.89. The highest BCUT2D eigenvalue weighted by Gasteiger charge is 2.33. The number of hydrogen-bond acceptors (Lipinski definition) is 5. The number of hydrogen-bond donors (Lipinski definition) is 0. The molecule has 116 valence electrons. The molecule has 2 aliphatic heterocycles. The van der Waals surface area contributed by atoms with Crippen LogP contribution in [0.5, 0.6) is 0 Å². The van der Waals surface area contributed by atoms with E-state index < -0.39 is 0 Å². The monoisotopic (exact) mass is 293 g/mol. The minimum Gasteiger partial charge on any atom is -0.378 e. The molecule has 0 bridgehead atoms. The van der Waals surface area contributed by atoms with E-state index in [1.807, 2.05) is 17.9 Å². The third-order valence-electron chi connectivity index (χ3n) is 4.48. The van der Waals surface area contributed by atoms with Gasteiger partial charge >= 0.3 is 0 Å². The fourth-order valence-corrected chi connectivity index (χ4v) is 3.16. The SMILES string of the molecule is C[C@@H]1OCCC[C@H]1C(=O)N1CCN(Cc2ccon2)CC1.